The van der Waals surface area contributed by atoms with Crippen molar-refractivity contribution >= 4 is 11.8 Å². The summed E-state index contributed by atoms with van der Waals surface area (Å²) >= 11 is 0. The van der Waals surface area contributed by atoms with Crippen LogP contribution in [0, 0.1) is 0 Å². The van der Waals surface area contributed by atoms with E-state index in [1.807, 2.05) is 9.80 Å². The van der Waals surface area contributed by atoms with Crippen LogP contribution in [0.4, 0.5) is 0 Å². The molecule has 0 radical (unpaired) electrons. The van der Waals surface area contributed by atoms with Crippen LogP contribution in [-0.2, 0) is 7.05 Å². The maximum Gasteiger partial charge on any atom is 0.275 e. The normalized spacial score (nSPS) is 24.0. The minimum atomic E-state index is -0.0782. The molecule has 0 aliphatic carbocycles. The van der Waals surface area contributed by atoms with Crippen LogP contribution in [0.1, 0.15) is 86.1 Å². The molecule has 0 saturated carbocycles. The van der Waals surface area contributed by atoms with E-state index in [2.05, 4.69) is 18.9 Å². The minimum absolute atomic E-state index is 0.0296. The molecular weight excluding hydrogens is 328 g/mol. The number of carbonyl (C=O) groups excluding carboxylic acids is 2. The third-order valence-corrected chi connectivity index (χ3v) is 5.98. The molecule has 2 fully saturated rings. The highest BCUT2D eigenvalue weighted by Gasteiger charge is 2.34. The lowest BCUT2D eigenvalue weighted by atomic mass is 9.98. The van der Waals surface area contributed by atoms with E-state index in [1.54, 1.807) is 17.9 Å². The van der Waals surface area contributed by atoms with E-state index >= 15 is 0 Å². The smallest absolute Gasteiger partial charge is 0.275 e. The number of hydrogen-bond acceptors (Lipinski definition) is 3. The van der Waals surface area contributed by atoms with E-state index in [9.17, 15) is 9.59 Å². The van der Waals surface area contributed by atoms with Crippen LogP contribution in [-0.4, -0.2) is 56.6 Å². The lowest BCUT2D eigenvalue weighted by Gasteiger charge is -2.36. The molecule has 0 spiro atoms. The number of rotatable bonds is 4. The predicted octanol–water partition coefficient (Wildman–Crippen LogP) is 3.23. The Morgan fingerprint density at radius 1 is 0.962 bits per heavy atom. The third kappa shape index (κ3) is 3.64. The Morgan fingerprint density at radius 3 is 2.04 bits per heavy atom. The van der Waals surface area contributed by atoms with E-state index < -0.39 is 0 Å². The van der Waals surface area contributed by atoms with E-state index in [1.165, 1.54) is 12.8 Å². The topological polar surface area (TPSA) is 58.4 Å². The molecule has 6 heteroatoms. The summed E-state index contributed by atoms with van der Waals surface area (Å²) in [6, 6.07) is 0.539. The Kier molecular flexibility index (Phi) is 5.99. The number of amides is 2. The molecule has 2 aliphatic heterocycles. The van der Waals surface area contributed by atoms with Crippen LogP contribution < -0.4 is 0 Å². The number of aromatic nitrogens is 2. The fourth-order valence-electron chi connectivity index (χ4n) is 4.48. The molecule has 2 amide bonds. The van der Waals surface area contributed by atoms with Crippen molar-refractivity contribution in [2.75, 3.05) is 13.1 Å². The standard InChI is InChI=1S/C20H32N4O2/c1-4-15-10-6-8-12-23(15)19(25)17-14-22(3)21-18(17)20(26)24-13-9-7-11-16(24)5-2/h14-16H,4-13H2,1-3H3/t15-,16+/m0/s1. The van der Waals surface area contributed by atoms with Crippen molar-refractivity contribution in [2.24, 2.45) is 7.05 Å². The lowest BCUT2D eigenvalue weighted by Crippen LogP contribution is -2.46. The molecule has 1 aromatic rings. The quantitative estimate of drug-likeness (QED) is 0.828. The molecule has 3 heterocycles. The molecule has 2 saturated heterocycles. The van der Waals surface area contributed by atoms with Crippen molar-refractivity contribution in [1.29, 1.82) is 0 Å². The highest BCUT2D eigenvalue weighted by molar-refractivity contribution is 6.06. The zero-order chi connectivity index (χ0) is 18.7. The zero-order valence-corrected chi connectivity index (χ0v) is 16.4. The minimum Gasteiger partial charge on any atom is -0.336 e. The first-order chi connectivity index (χ1) is 12.6. The van der Waals surface area contributed by atoms with Crippen molar-refractivity contribution in [1.82, 2.24) is 19.6 Å². The summed E-state index contributed by atoms with van der Waals surface area (Å²) in [5.41, 5.74) is 0.802. The van der Waals surface area contributed by atoms with Gasteiger partial charge in [-0.3, -0.25) is 14.3 Å². The number of nitrogens with zero attached hydrogens (tertiary/aromatic N) is 4. The van der Waals surface area contributed by atoms with Crippen LogP contribution in [0.5, 0.6) is 0 Å². The second kappa shape index (κ2) is 8.23. The average Bonchev–Trinajstić information content (AvgIpc) is 3.08. The monoisotopic (exact) mass is 360 g/mol. The van der Waals surface area contributed by atoms with Crippen LogP contribution in [0.25, 0.3) is 0 Å². The first-order valence-electron chi connectivity index (χ1n) is 10.2. The van der Waals surface area contributed by atoms with Gasteiger partial charge in [0.1, 0.15) is 0 Å². The predicted molar refractivity (Wildman–Crippen MR) is 101 cm³/mol. The third-order valence-electron chi connectivity index (χ3n) is 5.98. The van der Waals surface area contributed by atoms with Crippen molar-refractivity contribution < 1.29 is 9.59 Å². The number of piperidine rings is 2. The molecule has 26 heavy (non-hydrogen) atoms. The zero-order valence-electron chi connectivity index (χ0n) is 16.4. The van der Waals surface area contributed by atoms with E-state index in [-0.39, 0.29) is 23.9 Å². The van der Waals surface area contributed by atoms with Crippen molar-refractivity contribution in [3.05, 3.63) is 17.5 Å². The molecule has 1 aromatic heterocycles. The second-order valence-electron chi connectivity index (χ2n) is 7.68. The Bertz CT molecular complexity index is 601. The van der Waals surface area contributed by atoms with Gasteiger partial charge in [0.05, 0.1) is 5.56 Å². The van der Waals surface area contributed by atoms with Crippen molar-refractivity contribution in [3.63, 3.8) is 0 Å². The number of aryl methyl sites for hydroxylation is 1. The van der Waals surface area contributed by atoms with Gasteiger partial charge in [0, 0.05) is 38.4 Å². The highest BCUT2D eigenvalue weighted by Crippen LogP contribution is 2.25. The van der Waals surface area contributed by atoms with Crippen molar-refractivity contribution in [2.45, 2.75) is 77.3 Å². The molecule has 6 nitrogen and oxygen atoms in total. The molecule has 0 N–H and O–H groups in total. The fraction of sp³-hybridized carbons (Fsp3) is 0.750. The molecule has 2 atom stereocenters. The summed E-state index contributed by atoms with van der Waals surface area (Å²) in [5, 5.41) is 4.40. The van der Waals surface area contributed by atoms with Gasteiger partial charge in [-0.25, -0.2) is 0 Å². The maximum atomic E-state index is 13.2. The molecule has 0 aromatic carbocycles. The summed E-state index contributed by atoms with van der Waals surface area (Å²) in [4.78, 5) is 30.4. The van der Waals surface area contributed by atoms with Gasteiger partial charge in [0.25, 0.3) is 11.8 Å². The van der Waals surface area contributed by atoms with E-state index in [0.29, 0.717) is 11.3 Å². The van der Waals surface area contributed by atoms with Gasteiger partial charge in [0.15, 0.2) is 5.69 Å². The highest BCUT2D eigenvalue weighted by atomic mass is 16.2. The summed E-state index contributed by atoms with van der Waals surface area (Å²) in [6.07, 6.45) is 10.1. The van der Waals surface area contributed by atoms with Crippen LogP contribution in [0.2, 0.25) is 0 Å². The number of hydrogen-bond donors (Lipinski definition) is 0. The Hall–Kier alpha value is -1.85. The molecule has 0 unspecified atom stereocenters. The lowest BCUT2D eigenvalue weighted by molar-refractivity contribution is 0.0564. The molecule has 2 aliphatic rings. The van der Waals surface area contributed by atoms with Gasteiger partial charge in [-0.05, 0) is 51.4 Å². The molecule has 144 valence electrons. The fourth-order valence-corrected chi connectivity index (χ4v) is 4.48. The first kappa shape index (κ1) is 18.9. The van der Waals surface area contributed by atoms with Gasteiger partial charge in [-0.1, -0.05) is 13.8 Å². The van der Waals surface area contributed by atoms with Crippen LogP contribution in [0.15, 0.2) is 6.20 Å². The SMILES string of the molecule is CC[C@H]1CCCCN1C(=O)c1cn(C)nc1C(=O)N1CCCC[C@H]1CC. The van der Waals surface area contributed by atoms with E-state index in [0.717, 1.165) is 51.6 Å². The van der Waals surface area contributed by atoms with Gasteiger partial charge in [0.2, 0.25) is 0 Å². The van der Waals surface area contributed by atoms with Crippen molar-refractivity contribution in [3.8, 4) is 0 Å². The Morgan fingerprint density at radius 2 is 1.50 bits per heavy atom. The molecule has 0 bridgehead atoms. The van der Waals surface area contributed by atoms with Gasteiger partial charge in [-0.15, -0.1) is 0 Å². The first-order valence-corrected chi connectivity index (χ1v) is 10.2. The number of carbonyl (C=O) groups is 2. The molecule has 3 rings (SSSR count). The van der Waals surface area contributed by atoms with E-state index in [4.69, 9.17) is 0 Å². The van der Waals surface area contributed by atoms with Gasteiger partial charge < -0.3 is 9.80 Å². The maximum absolute atomic E-state index is 13.2. The largest absolute Gasteiger partial charge is 0.336 e. The summed E-state index contributed by atoms with van der Waals surface area (Å²) in [5.74, 6) is -0.108. The molecular formula is C20H32N4O2. The Labute approximate surface area is 156 Å². The van der Waals surface area contributed by atoms with Crippen LogP contribution >= 0.6 is 0 Å². The van der Waals surface area contributed by atoms with Gasteiger partial charge in [-0.2, -0.15) is 5.10 Å². The summed E-state index contributed by atoms with van der Waals surface area (Å²) in [7, 11) is 1.79. The van der Waals surface area contributed by atoms with Crippen LogP contribution in [0.3, 0.4) is 0 Å². The Balaban J connectivity index is 1.87. The second-order valence-corrected chi connectivity index (χ2v) is 7.68. The summed E-state index contributed by atoms with van der Waals surface area (Å²) < 4.78 is 1.61. The van der Waals surface area contributed by atoms with Gasteiger partial charge >= 0.3 is 0 Å². The average molecular weight is 361 g/mol. The number of likely N-dealkylation sites (tertiary alicyclic amines) is 2. The summed E-state index contributed by atoms with van der Waals surface area (Å²) in [6.45, 7) is 5.80.